The Bertz CT molecular complexity index is 78.5. The zero-order valence-electron chi connectivity index (χ0n) is 5.30. The van der Waals surface area contributed by atoms with Crippen LogP contribution in [0.5, 0.6) is 0 Å². The summed E-state index contributed by atoms with van der Waals surface area (Å²) in [7, 11) is 0. The molecule has 0 aliphatic carbocycles. The van der Waals surface area contributed by atoms with Crippen LogP contribution in [0.3, 0.4) is 0 Å². The second kappa shape index (κ2) is 4.27. The zero-order valence-corrected chi connectivity index (χ0v) is 6.94. The van der Waals surface area contributed by atoms with Gasteiger partial charge < -0.3 is 0 Å². The number of thioether (sulfide) groups is 2. The lowest BCUT2D eigenvalue weighted by atomic mass is 10.5. The Morgan fingerprint density at radius 3 is 1.75 bits per heavy atom. The molecule has 0 radical (unpaired) electrons. The number of rotatable bonds is 3. The first-order valence-electron chi connectivity index (χ1n) is 2.28. The van der Waals surface area contributed by atoms with E-state index in [2.05, 4.69) is 0 Å². The number of hydrogen-bond donors (Lipinski definition) is 0. The van der Waals surface area contributed by atoms with E-state index in [0.717, 1.165) is 0 Å². The molecule has 0 amide bonds. The Labute approximate surface area is 58.6 Å². The highest BCUT2D eigenvalue weighted by atomic mass is 32.2. The van der Waals surface area contributed by atoms with Gasteiger partial charge in [-0.05, 0) is 19.4 Å². The Balaban J connectivity index is 3.52. The third-order valence-corrected chi connectivity index (χ3v) is 3.43. The number of Topliss-reactive ketones (excluding diaryl/α,β-unsaturated/α-hetero) is 1. The molecule has 0 aromatic rings. The summed E-state index contributed by atoms with van der Waals surface area (Å²) in [5.74, 6) is 0.255. The van der Waals surface area contributed by atoms with Gasteiger partial charge in [-0.3, -0.25) is 4.79 Å². The van der Waals surface area contributed by atoms with E-state index in [9.17, 15) is 4.79 Å². The SMILES string of the molecule is CSC(SC)C(C)=O. The summed E-state index contributed by atoms with van der Waals surface area (Å²) >= 11 is 3.18. The van der Waals surface area contributed by atoms with Crippen molar-refractivity contribution in [1.29, 1.82) is 0 Å². The lowest BCUT2D eigenvalue weighted by Gasteiger charge is -2.03. The van der Waals surface area contributed by atoms with Crippen LogP contribution < -0.4 is 0 Å². The lowest BCUT2D eigenvalue weighted by Crippen LogP contribution is -2.06. The second-order valence-corrected chi connectivity index (χ2v) is 3.60. The van der Waals surface area contributed by atoms with E-state index in [1.54, 1.807) is 30.4 Å². The summed E-state index contributed by atoms with van der Waals surface area (Å²) in [5, 5.41) is 0. The predicted octanol–water partition coefficient (Wildman–Crippen LogP) is 1.63. The Kier molecular flexibility index (Phi) is 4.47. The van der Waals surface area contributed by atoms with Crippen LogP contribution in [-0.2, 0) is 4.79 Å². The van der Waals surface area contributed by atoms with Gasteiger partial charge >= 0.3 is 0 Å². The Morgan fingerprint density at radius 2 is 1.75 bits per heavy atom. The molecule has 0 saturated carbocycles. The third kappa shape index (κ3) is 2.62. The van der Waals surface area contributed by atoms with Crippen LogP contribution in [0, 0.1) is 0 Å². The smallest absolute Gasteiger partial charge is 0.152 e. The van der Waals surface area contributed by atoms with Crippen LogP contribution in [0.4, 0.5) is 0 Å². The van der Waals surface area contributed by atoms with E-state index in [-0.39, 0.29) is 10.4 Å². The maximum Gasteiger partial charge on any atom is 0.152 e. The van der Waals surface area contributed by atoms with Gasteiger partial charge in [0.1, 0.15) is 4.58 Å². The van der Waals surface area contributed by atoms with Gasteiger partial charge in [0.25, 0.3) is 0 Å². The maximum absolute atomic E-state index is 10.6. The molecule has 0 rings (SSSR count). The molecule has 0 unspecified atom stereocenters. The topological polar surface area (TPSA) is 17.1 Å². The quantitative estimate of drug-likeness (QED) is 0.569. The van der Waals surface area contributed by atoms with Gasteiger partial charge in [-0.1, -0.05) is 0 Å². The Morgan fingerprint density at radius 1 is 1.38 bits per heavy atom. The van der Waals surface area contributed by atoms with Crippen LogP contribution in [0.15, 0.2) is 0 Å². The third-order valence-electron chi connectivity index (χ3n) is 0.760. The molecule has 48 valence electrons. The van der Waals surface area contributed by atoms with Crippen LogP contribution in [0.25, 0.3) is 0 Å². The van der Waals surface area contributed by atoms with Crippen LogP contribution in [-0.4, -0.2) is 22.9 Å². The van der Waals surface area contributed by atoms with Crippen LogP contribution in [0.2, 0.25) is 0 Å². The van der Waals surface area contributed by atoms with E-state index in [0.29, 0.717) is 0 Å². The average Bonchev–Trinajstić information content (AvgIpc) is 1.69. The normalized spacial score (nSPS) is 10.0. The lowest BCUT2D eigenvalue weighted by molar-refractivity contribution is -0.115. The second-order valence-electron chi connectivity index (χ2n) is 1.41. The van der Waals surface area contributed by atoms with Crippen molar-refractivity contribution in [3.63, 3.8) is 0 Å². The van der Waals surface area contributed by atoms with Crippen molar-refractivity contribution in [2.24, 2.45) is 0 Å². The van der Waals surface area contributed by atoms with Gasteiger partial charge in [0, 0.05) is 0 Å². The molecule has 0 aliphatic rings. The minimum absolute atomic E-state index is 0.148. The molecular formula is C5H10OS2. The van der Waals surface area contributed by atoms with Crippen molar-refractivity contribution >= 4 is 29.3 Å². The highest BCUT2D eigenvalue weighted by molar-refractivity contribution is 8.17. The number of carbonyl (C=O) groups is 1. The Hall–Kier alpha value is 0.370. The molecule has 0 fully saturated rings. The molecule has 0 atom stereocenters. The summed E-state index contributed by atoms with van der Waals surface area (Å²) in [5.41, 5.74) is 0. The first kappa shape index (κ1) is 8.37. The fourth-order valence-corrected chi connectivity index (χ4v) is 1.86. The van der Waals surface area contributed by atoms with Gasteiger partial charge in [0.2, 0.25) is 0 Å². The standard InChI is InChI=1S/C5H10OS2/c1-4(6)5(7-2)8-3/h5H,1-3H3. The van der Waals surface area contributed by atoms with E-state index >= 15 is 0 Å². The van der Waals surface area contributed by atoms with Crippen molar-refractivity contribution in [3.8, 4) is 0 Å². The number of carbonyl (C=O) groups excluding carboxylic acids is 1. The minimum Gasteiger partial charge on any atom is -0.298 e. The monoisotopic (exact) mass is 150 g/mol. The number of ketones is 1. The van der Waals surface area contributed by atoms with Crippen LogP contribution in [0.1, 0.15) is 6.92 Å². The van der Waals surface area contributed by atoms with Crippen molar-refractivity contribution in [2.45, 2.75) is 11.5 Å². The largest absolute Gasteiger partial charge is 0.298 e. The zero-order chi connectivity index (χ0) is 6.57. The fourth-order valence-electron chi connectivity index (χ4n) is 0.428. The van der Waals surface area contributed by atoms with Gasteiger partial charge in [0.15, 0.2) is 5.78 Å². The van der Waals surface area contributed by atoms with Gasteiger partial charge in [-0.25, -0.2) is 0 Å². The molecule has 0 aliphatic heterocycles. The highest BCUT2D eigenvalue weighted by Gasteiger charge is 2.08. The van der Waals surface area contributed by atoms with Crippen molar-refractivity contribution in [2.75, 3.05) is 12.5 Å². The first-order valence-corrected chi connectivity index (χ1v) is 4.86. The molecule has 0 spiro atoms. The summed E-state index contributed by atoms with van der Waals surface area (Å²) in [6.07, 6.45) is 3.89. The molecule has 0 saturated heterocycles. The molecule has 0 aromatic carbocycles. The summed E-state index contributed by atoms with van der Waals surface area (Å²) < 4.78 is 0.148. The minimum atomic E-state index is 0.148. The molecule has 0 bridgehead atoms. The van der Waals surface area contributed by atoms with E-state index in [1.807, 2.05) is 12.5 Å². The summed E-state index contributed by atoms with van der Waals surface area (Å²) in [6.45, 7) is 1.62. The molecule has 0 heterocycles. The molecule has 3 heteroatoms. The molecule has 0 N–H and O–H groups in total. The maximum atomic E-state index is 10.6. The van der Waals surface area contributed by atoms with E-state index in [1.165, 1.54) is 0 Å². The molecule has 1 nitrogen and oxygen atoms in total. The molecule has 0 aromatic heterocycles. The van der Waals surface area contributed by atoms with Gasteiger partial charge in [-0.15, -0.1) is 23.5 Å². The number of hydrogen-bond acceptors (Lipinski definition) is 3. The summed E-state index contributed by atoms with van der Waals surface area (Å²) in [4.78, 5) is 10.6. The van der Waals surface area contributed by atoms with Gasteiger partial charge in [0.05, 0.1) is 0 Å². The van der Waals surface area contributed by atoms with Crippen molar-refractivity contribution < 1.29 is 4.79 Å². The van der Waals surface area contributed by atoms with E-state index in [4.69, 9.17) is 0 Å². The average molecular weight is 150 g/mol. The highest BCUT2D eigenvalue weighted by Crippen LogP contribution is 2.18. The van der Waals surface area contributed by atoms with E-state index < -0.39 is 0 Å². The molecule has 8 heavy (non-hydrogen) atoms. The van der Waals surface area contributed by atoms with Crippen molar-refractivity contribution in [1.82, 2.24) is 0 Å². The first-order chi connectivity index (χ1) is 3.72. The fraction of sp³-hybridized carbons (Fsp3) is 0.800. The van der Waals surface area contributed by atoms with Crippen molar-refractivity contribution in [3.05, 3.63) is 0 Å². The molecular weight excluding hydrogens is 140 g/mol. The predicted molar refractivity (Wildman–Crippen MR) is 41.5 cm³/mol. The van der Waals surface area contributed by atoms with Crippen LogP contribution >= 0.6 is 23.5 Å². The summed E-state index contributed by atoms with van der Waals surface area (Å²) in [6, 6.07) is 0. The van der Waals surface area contributed by atoms with Gasteiger partial charge in [-0.2, -0.15) is 0 Å².